The summed E-state index contributed by atoms with van der Waals surface area (Å²) in [5, 5.41) is 0. The van der Waals surface area contributed by atoms with Crippen molar-refractivity contribution in [3.05, 3.63) is 12.2 Å². The molecule has 0 unspecified atom stereocenters. The van der Waals surface area contributed by atoms with Gasteiger partial charge in [-0.3, -0.25) is 0 Å². The molecule has 0 aromatic heterocycles. The van der Waals surface area contributed by atoms with Gasteiger partial charge in [-0.15, -0.1) is 0 Å². The van der Waals surface area contributed by atoms with Gasteiger partial charge in [-0.1, -0.05) is 18.6 Å². The maximum atomic E-state index is 5.35. The minimum Gasteiger partial charge on any atom is -0.365 e. The lowest BCUT2D eigenvalue weighted by atomic mass is 10.1. The van der Waals surface area contributed by atoms with E-state index < -0.39 is 0 Å². The fourth-order valence-corrected chi connectivity index (χ4v) is 1.40. The summed E-state index contributed by atoms with van der Waals surface area (Å²) in [7, 11) is 0. The van der Waals surface area contributed by atoms with Crippen molar-refractivity contribution in [1.82, 2.24) is 0 Å². The molecule has 0 aromatic rings. The Morgan fingerprint density at radius 1 is 1.33 bits per heavy atom. The Labute approximate surface area is 55.7 Å². The molecular weight excluding hydrogens is 112 g/mol. The molecule has 1 aliphatic heterocycles. The van der Waals surface area contributed by atoms with Gasteiger partial charge in [0.2, 0.25) is 0 Å². The average molecular weight is 124 g/mol. The van der Waals surface area contributed by atoms with Crippen molar-refractivity contribution in [2.45, 2.75) is 37.9 Å². The third kappa shape index (κ3) is 1.16. The zero-order valence-corrected chi connectivity index (χ0v) is 5.55. The van der Waals surface area contributed by atoms with Gasteiger partial charge in [0.05, 0.1) is 6.10 Å². The summed E-state index contributed by atoms with van der Waals surface area (Å²) in [4.78, 5) is 0. The predicted molar refractivity (Wildman–Crippen MR) is 36.3 cm³/mol. The molecule has 2 atom stereocenters. The third-order valence-corrected chi connectivity index (χ3v) is 2.06. The van der Waals surface area contributed by atoms with E-state index in [4.69, 9.17) is 4.74 Å². The maximum Gasteiger partial charge on any atom is 0.102 e. The Morgan fingerprint density at radius 2 is 2.33 bits per heavy atom. The molecule has 0 amide bonds. The molecule has 1 heterocycles. The van der Waals surface area contributed by atoms with Gasteiger partial charge in [-0.25, -0.2) is 0 Å². The summed E-state index contributed by atoms with van der Waals surface area (Å²) in [6, 6.07) is 0. The molecule has 0 bridgehead atoms. The maximum absolute atomic E-state index is 5.35. The van der Waals surface area contributed by atoms with E-state index in [1.807, 2.05) is 0 Å². The second kappa shape index (κ2) is 2.14. The van der Waals surface area contributed by atoms with E-state index in [1.54, 1.807) is 0 Å². The van der Waals surface area contributed by atoms with Crippen molar-refractivity contribution in [1.29, 1.82) is 0 Å². The average Bonchev–Trinajstić information content (AvgIpc) is 2.46. The highest BCUT2D eigenvalue weighted by Gasteiger charge is 2.35. The van der Waals surface area contributed by atoms with Crippen LogP contribution in [-0.4, -0.2) is 12.2 Å². The summed E-state index contributed by atoms with van der Waals surface area (Å²) < 4.78 is 5.35. The van der Waals surface area contributed by atoms with Gasteiger partial charge < -0.3 is 4.74 Å². The van der Waals surface area contributed by atoms with Gasteiger partial charge in [0, 0.05) is 0 Å². The van der Waals surface area contributed by atoms with Crippen LogP contribution in [0, 0.1) is 0 Å². The SMILES string of the molecule is C1=C[C@@H]2O[C@@H]2CCCC1. The van der Waals surface area contributed by atoms with E-state index in [9.17, 15) is 0 Å². The molecule has 50 valence electrons. The first-order valence-corrected chi connectivity index (χ1v) is 3.79. The lowest BCUT2D eigenvalue weighted by molar-refractivity contribution is 0.376. The quantitative estimate of drug-likeness (QED) is 0.355. The van der Waals surface area contributed by atoms with E-state index >= 15 is 0 Å². The Morgan fingerprint density at radius 3 is 3.33 bits per heavy atom. The number of rotatable bonds is 0. The minimum absolute atomic E-state index is 0.505. The molecule has 1 nitrogen and oxygen atoms in total. The van der Waals surface area contributed by atoms with Crippen LogP contribution in [0.3, 0.4) is 0 Å². The minimum atomic E-state index is 0.505. The van der Waals surface area contributed by atoms with Crippen LogP contribution >= 0.6 is 0 Å². The first-order valence-electron chi connectivity index (χ1n) is 3.79. The second-order valence-electron chi connectivity index (χ2n) is 2.85. The van der Waals surface area contributed by atoms with Crippen molar-refractivity contribution >= 4 is 0 Å². The van der Waals surface area contributed by atoms with Gasteiger partial charge in [-0.2, -0.15) is 0 Å². The van der Waals surface area contributed by atoms with E-state index in [2.05, 4.69) is 12.2 Å². The number of fused-ring (bicyclic) bond motifs is 1. The van der Waals surface area contributed by atoms with Crippen LogP contribution in [0.15, 0.2) is 12.2 Å². The van der Waals surface area contributed by atoms with Crippen LogP contribution in [0.1, 0.15) is 25.7 Å². The van der Waals surface area contributed by atoms with Crippen LogP contribution < -0.4 is 0 Å². The number of epoxide rings is 1. The van der Waals surface area contributed by atoms with Crippen LogP contribution in [0.5, 0.6) is 0 Å². The Hall–Kier alpha value is -0.300. The Bertz CT molecular complexity index is 129. The molecule has 0 spiro atoms. The summed E-state index contributed by atoms with van der Waals surface area (Å²) in [5.74, 6) is 0. The lowest BCUT2D eigenvalue weighted by Gasteiger charge is -1.96. The highest BCUT2D eigenvalue weighted by atomic mass is 16.6. The van der Waals surface area contributed by atoms with Crippen molar-refractivity contribution in [3.8, 4) is 0 Å². The molecule has 1 heteroatoms. The summed E-state index contributed by atoms with van der Waals surface area (Å²) >= 11 is 0. The zero-order valence-electron chi connectivity index (χ0n) is 5.55. The molecule has 2 rings (SSSR count). The van der Waals surface area contributed by atoms with Crippen LogP contribution in [0.25, 0.3) is 0 Å². The molecule has 9 heavy (non-hydrogen) atoms. The Balaban J connectivity index is 1.95. The van der Waals surface area contributed by atoms with E-state index in [0.29, 0.717) is 12.2 Å². The first-order chi connectivity index (χ1) is 4.47. The molecule has 1 fully saturated rings. The van der Waals surface area contributed by atoms with Gasteiger partial charge in [0.25, 0.3) is 0 Å². The Kier molecular flexibility index (Phi) is 1.31. The topological polar surface area (TPSA) is 12.5 Å². The molecule has 0 N–H and O–H groups in total. The molecule has 1 aliphatic carbocycles. The van der Waals surface area contributed by atoms with E-state index in [-0.39, 0.29) is 0 Å². The largest absolute Gasteiger partial charge is 0.365 e. The standard InChI is InChI=1S/C8H12O/c1-2-4-6-8-7(9-8)5-3-1/h3,5,7-8H,1-2,4,6H2/t7-,8+/m0/s1. The second-order valence-corrected chi connectivity index (χ2v) is 2.85. The smallest absolute Gasteiger partial charge is 0.102 e. The highest BCUT2D eigenvalue weighted by Crippen LogP contribution is 2.30. The summed E-state index contributed by atoms with van der Waals surface area (Å²) in [6.45, 7) is 0. The molecule has 0 saturated carbocycles. The van der Waals surface area contributed by atoms with Gasteiger partial charge in [0.1, 0.15) is 6.10 Å². The fourth-order valence-electron chi connectivity index (χ4n) is 1.40. The van der Waals surface area contributed by atoms with Gasteiger partial charge in [-0.05, 0) is 19.3 Å². The van der Waals surface area contributed by atoms with Crippen molar-refractivity contribution in [2.24, 2.45) is 0 Å². The number of hydrogen-bond acceptors (Lipinski definition) is 1. The zero-order chi connectivity index (χ0) is 6.10. The van der Waals surface area contributed by atoms with Gasteiger partial charge in [0.15, 0.2) is 0 Å². The number of ether oxygens (including phenoxy) is 1. The van der Waals surface area contributed by atoms with Crippen molar-refractivity contribution < 1.29 is 4.74 Å². The monoisotopic (exact) mass is 124 g/mol. The molecular formula is C8H12O. The highest BCUT2D eigenvalue weighted by molar-refractivity contribution is 5.03. The van der Waals surface area contributed by atoms with Crippen LogP contribution in [0.4, 0.5) is 0 Å². The molecule has 0 radical (unpaired) electrons. The first kappa shape index (κ1) is 5.48. The fraction of sp³-hybridized carbons (Fsp3) is 0.750. The summed E-state index contributed by atoms with van der Waals surface area (Å²) in [5.41, 5.74) is 0. The van der Waals surface area contributed by atoms with Crippen molar-refractivity contribution in [3.63, 3.8) is 0 Å². The molecule has 2 aliphatic rings. The normalized spacial score (nSPS) is 40.9. The molecule has 0 aromatic carbocycles. The molecule has 1 saturated heterocycles. The van der Waals surface area contributed by atoms with E-state index in [1.165, 1.54) is 25.7 Å². The number of hydrogen-bond donors (Lipinski definition) is 0. The van der Waals surface area contributed by atoms with Crippen molar-refractivity contribution in [2.75, 3.05) is 0 Å². The number of allylic oxidation sites excluding steroid dienone is 1. The summed E-state index contributed by atoms with van der Waals surface area (Å²) in [6.07, 6.45) is 10.8. The van der Waals surface area contributed by atoms with Gasteiger partial charge >= 0.3 is 0 Å². The predicted octanol–water partition coefficient (Wildman–Crippen LogP) is 1.88. The van der Waals surface area contributed by atoms with Crippen LogP contribution in [-0.2, 0) is 4.74 Å². The third-order valence-electron chi connectivity index (χ3n) is 2.06. The van der Waals surface area contributed by atoms with E-state index in [0.717, 1.165) is 0 Å². The lowest BCUT2D eigenvalue weighted by Crippen LogP contribution is -1.92. The van der Waals surface area contributed by atoms with Crippen LogP contribution in [0.2, 0.25) is 0 Å².